The van der Waals surface area contributed by atoms with Crippen molar-refractivity contribution >= 4 is 37.9 Å². The van der Waals surface area contributed by atoms with E-state index in [0.717, 1.165) is 41.2 Å². The summed E-state index contributed by atoms with van der Waals surface area (Å²) >= 11 is 0. The molecule has 0 radical (unpaired) electrons. The molecule has 2 heteroatoms. The van der Waals surface area contributed by atoms with Crippen molar-refractivity contribution in [1.29, 1.82) is 0 Å². The second-order valence-corrected chi connectivity index (χ2v) is 11.4. The van der Waals surface area contributed by atoms with Crippen LogP contribution in [-0.2, 0) is 0 Å². The Morgan fingerprint density at radius 2 is 1.42 bits per heavy atom. The Hall–Kier alpha value is -5.08. The van der Waals surface area contributed by atoms with E-state index < -0.39 is 0 Å². The number of rotatable bonds is 7. The van der Waals surface area contributed by atoms with Gasteiger partial charge in [0.2, 0.25) is 0 Å². The first-order valence-electron chi connectivity index (χ1n) is 15.1. The van der Waals surface area contributed by atoms with Crippen LogP contribution >= 0.6 is 0 Å². The molecule has 43 heavy (non-hydrogen) atoms. The standard InChI is InChI=1S/C41H34N2/c1-3-4-6-14-28(2)39-27-40(43-41(42-39)29-15-7-5-8-16-29)32-18-13-17-30(25-32)31-23-24-37-35-21-10-9-19-33(35)34-20-11-12-22-36(34)38(37)26-31/h3-13,15-16,18-28,30H,1,14,17H2,2H3/b6-4-. The molecule has 7 rings (SSSR count). The zero-order chi connectivity index (χ0) is 29.2. The van der Waals surface area contributed by atoms with E-state index in [9.17, 15) is 0 Å². The molecule has 0 amide bonds. The Bertz CT molecular complexity index is 2030. The van der Waals surface area contributed by atoms with Gasteiger partial charge in [0, 0.05) is 23.1 Å². The number of fused-ring (bicyclic) bond motifs is 6. The maximum Gasteiger partial charge on any atom is 0.160 e. The van der Waals surface area contributed by atoms with Crippen molar-refractivity contribution in [3.05, 3.63) is 163 Å². The summed E-state index contributed by atoms with van der Waals surface area (Å²) in [7, 11) is 0. The Morgan fingerprint density at radius 1 is 0.767 bits per heavy atom. The van der Waals surface area contributed by atoms with Gasteiger partial charge in [-0.2, -0.15) is 0 Å². The lowest BCUT2D eigenvalue weighted by Gasteiger charge is -2.20. The van der Waals surface area contributed by atoms with E-state index >= 15 is 0 Å². The van der Waals surface area contributed by atoms with Crippen LogP contribution in [0.2, 0.25) is 0 Å². The summed E-state index contributed by atoms with van der Waals surface area (Å²) in [6.45, 7) is 6.04. The Balaban J connectivity index is 1.32. The molecule has 1 aliphatic rings. The number of aromatic nitrogens is 2. The van der Waals surface area contributed by atoms with Crippen LogP contribution in [0.5, 0.6) is 0 Å². The number of benzene rings is 5. The van der Waals surface area contributed by atoms with Gasteiger partial charge >= 0.3 is 0 Å². The Labute approximate surface area is 253 Å². The van der Waals surface area contributed by atoms with Crippen molar-refractivity contribution in [2.45, 2.75) is 31.6 Å². The summed E-state index contributed by atoms with van der Waals surface area (Å²) in [6, 6.07) is 37.1. The van der Waals surface area contributed by atoms with E-state index in [4.69, 9.17) is 9.97 Å². The van der Waals surface area contributed by atoms with E-state index in [1.807, 2.05) is 30.4 Å². The highest BCUT2D eigenvalue weighted by molar-refractivity contribution is 6.25. The Morgan fingerprint density at radius 3 is 2.12 bits per heavy atom. The summed E-state index contributed by atoms with van der Waals surface area (Å²) in [5, 5.41) is 7.85. The van der Waals surface area contributed by atoms with Crippen molar-refractivity contribution < 1.29 is 0 Å². The van der Waals surface area contributed by atoms with Gasteiger partial charge in [-0.05, 0) is 68.4 Å². The number of hydrogen-bond acceptors (Lipinski definition) is 2. The molecule has 6 aromatic rings. The quantitative estimate of drug-likeness (QED) is 0.145. The van der Waals surface area contributed by atoms with Gasteiger partial charge in [0.1, 0.15) is 0 Å². The van der Waals surface area contributed by atoms with Gasteiger partial charge in [-0.25, -0.2) is 9.97 Å². The normalized spacial score (nSPS) is 15.7. The van der Waals surface area contributed by atoms with Gasteiger partial charge in [-0.1, -0.05) is 141 Å². The topological polar surface area (TPSA) is 25.8 Å². The van der Waals surface area contributed by atoms with Crippen LogP contribution in [0.1, 0.15) is 48.6 Å². The van der Waals surface area contributed by atoms with Crippen molar-refractivity contribution in [3.63, 3.8) is 0 Å². The first kappa shape index (κ1) is 26.8. The third-order valence-corrected chi connectivity index (χ3v) is 8.61. The maximum atomic E-state index is 5.09. The van der Waals surface area contributed by atoms with Crippen molar-refractivity contribution in [3.8, 4) is 11.4 Å². The second kappa shape index (κ2) is 11.7. The van der Waals surface area contributed by atoms with Crippen LogP contribution in [0.3, 0.4) is 0 Å². The molecule has 208 valence electrons. The van der Waals surface area contributed by atoms with Gasteiger partial charge in [0.05, 0.1) is 5.69 Å². The maximum absolute atomic E-state index is 5.09. The lowest BCUT2D eigenvalue weighted by atomic mass is 9.86. The second-order valence-electron chi connectivity index (χ2n) is 11.4. The van der Waals surface area contributed by atoms with E-state index in [1.54, 1.807) is 0 Å². The largest absolute Gasteiger partial charge is 0.233 e. The summed E-state index contributed by atoms with van der Waals surface area (Å²) in [5.41, 5.74) is 5.54. The molecule has 0 aliphatic heterocycles. The van der Waals surface area contributed by atoms with E-state index in [0.29, 0.717) is 0 Å². The molecule has 1 aromatic heterocycles. The van der Waals surface area contributed by atoms with Crippen LogP contribution in [0.25, 0.3) is 49.3 Å². The predicted molar refractivity (Wildman–Crippen MR) is 183 cm³/mol. The molecular weight excluding hydrogens is 520 g/mol. The highest BCUT2D eigenvalue weighted by Crippen LogP contribution is 2.39. The van der Waals surface area contributed by atoms with E-state index in [-0.39, 0.29) is 11.8 Å². The monoisotopic (exact) mass is 554 g/mol. The van der Waals surface area contributed by atoms with Crippen LogP contribution in [0, 0.1) is 0 Å². The molecule has 0 fully saturated rings. The number of allylic oxidation sites excluding steroid dienone is 7. The Kier molecular flexibility index (Phi) is 7.27. The molecule has 2 nitrogen and oxygen atoms in total. The molecule has 1 aliphatic carbocycles. The molecule has 2 unspecified atom stereocenters. The van der Waals surface area contributed by atoms with Gasteiger partial charge < -0.3 is 0 Å². The van der Waals surface area contributed by atoms with E-state index in [2.05, 4.69) is 123 Å². The zero-order valence-electron chi connectivity index (χ0n) is 24.4. The number of hydrogen-bond donors (Lipinski definition) is 0. The minimum Gasteiger partial charge on any atom is -0.233 e. The smallest absolute Gasteiger partial charge is 0.160 e. The molecule has 0 N–H and O–H groups in total. The summed E-state index contributed by atoms with van der Waals surface area (Å²) < 4.78 is 0. The zero-order valence-corrected chi connectivity index (χ0v) is 24.4. The fourth-order valence-electron chi connectivity index (χ4n) is 6.32. The summed E-state index contributed by atoms with van der Waals surface area (Å²) in [6.07, 6.45) is 14.8. The minimum absolute atomic E-state index is 0.257. The van der Waals surface area contributed by atoms with Gasteiger partial charge in [0.15, 0.2) is 5.82 Å². The minimum atomic E-state index is 0.257. The van der Waals surface area contributed by atoms with Crippen LogP contribution in [-0.4, -0.2) is 9.97 Å². The van der Waals surface area contributed by atoms with Gasteiger partial charge in [-0.3, -0.25) is 0 Å². The predicted octanol–water partition coefficient (Wildman–Crippen LogP) is 11.0. The van der Waals surface area contributed by atoms with Crippen LogP contribution in [0.4, 0.5) is 0 Å². The lowest BCUT2D eigenvalue weighted by molar-refractivity contribution is 0.745. The van der Waals surface area contributed by atoms with Crippen LogP contribution < -0.4 is 0 Å². The fourth-order valence-corrected chi connectivity index (χ4v) is 6.32. The molecule has 0 saturated heterocycles. The lowest BCUT2D eigenvalue weighted by Crippen LogP contribution is -2.05. The molecule has 1 heterocycles. The van der Waals surface area contributed by atoms with Gasteiger partial charge in [0.25, 0.3) is 0 Å². The van der Waals surface area contributed by atoms with Gasteiger partial charge in [-0.15, -0.1) is 0 Å². The molecule has 5 aromatic carbocycles. The highest BCUT2D eigenvalue weighted by atomic mass is 14.9. The molecular formula is C41H34N2. The molecule has 0 spiro atoms. The summed E-state index contributed by atoms with van der Waals surface area (Å²) in [5.74, 6) is 1.29. The number of nitrogens with zero attached hydrogens (tertiary/aromatic N) is 2. The average Bonchev–Trinajstić information content (AvgIpc) is 3.08. The summed E-state index contributed by atoms with van der Waals surface area (Å²) in [4.78, 5) is 10.1. The van der Waals surface area contributed by atoms with Crippen molar-refractivity contribution in [1.82, 2.24) is 9.97 Å². The van der Waals surface area contributed by atoms with E-state index in [1.165, 1.54) is 37.9 Å². The third kappa shape index (κ3) is 5.21. The SMILES string of the molecule is C=C/C=C\CC(C)c1cc(C2=CC(c3ccc4c5ccccc5c5ccccc5c4c3)CC=C2)nc(-c2ccccc2)n1. The molecule has 0 saturated carbocycles. The first-order valence-corrected chi connectivity index (χ1v) is 15.1. The third-order valence-electron chi connectivity index (χ3n) is 8.61. The first-order chi connectivity index (χ1) is 21.2. The highest BCUT2D eigenvalue weighted by Gasteiger charge is 2.18. The fraction of sp³-hybridized carbons (Fsp3) is 0.122. The van der Waals surface area contributed by atoms with Crippen molar-refractivity contribution in [2.75, 3.05) is 0 Å². The molecule has 0 bridgehead atoms. The van der Waals surface area contributed by atoms with Crippen LogP contribution in [0.15, 0.2) is 146 Å². The average molecular weight is 555 g/mol. The molecule has 2 atom stereocenters. The van der Waals surface area contributed by atoms with Crippen molar-refractivity contribution in [2.24, 2.45) is 0 Å².